The maximum atomic E-state index is 9.92. The second-order valence-corrected chi connectivity index (χ2v) is 5.52. The Morgan fingerprint density at radius 3 is 2.00 bits per heavy atom. The van der Waals surface area contributed by atoms with Gasteiger partial charge in [-0.15, -0.1) is 0 Å². The molecule has 1 heteroatoms. The molecule has 11 heavy (non-hydrogen) atoms. The average molecular weight is 148 g/mol. The molecule has 1 N–H and O–H groups in total. The number of aliphatic hydroxyl groups excluding tert-OH is 1. The van der Waals surface area contributed by atoms with Crippen LogP contribution in [-0.4, -0.2) is 11.2 Å². The van der Waals surface area contributed by atoms with E-state index in [2.05, 4.69) is 0 Å². The van der Waals surface area contributed by atoms with E-state index in [1.165, 1.54) is 6.42 Å². The number of hydrogen-bond donors (Lipinski definition) is 1. The maximum Gasteiger partial charge on any atom is 0.0607 e. The summed E-state index contributed by atoms with van der Waals surface area (Å²) in [4.78, 5) is 0. The van der Waals surface area contributed by atoms with E-state index in [0.29, 0.717) is 0 Å². The van der Waals surface area contributed by atoms with Crippen molar-refractivity contribution < 1.29 is 5.11 Å². The van der Waals surface area contributed by atoms with Crippen LogP contribution in [0.15, 0.2) is 0 Å². The van der Waals surface area contributed by atoms with Crippen molar-refractivity contribution in [3.05, 3.63) is 0 Å². The van der Waals surface area contributed by atoms with Gasteiger partial charge in [0.2, 0.25) is 0 Å². The van der Waals surface area contributed by atoms with Gasteiger partial charge in [0.1, 0.15) is 0 Å². The van der Waals surface area contributed by atoms with E-state index in [9.17, 15) is 5.11 Å². The second-order valence-electron chi connectivity index (χ2n) is 5.52. The number of aliphatic hydroxyl groups is 1. The van der Waals surface area contributed by atoms with Gasteiger partial charge in [0.05, 0.1) is 6.10 Å². The van der Waals surface area contributed by atoms with Gasteiger partial charge < -0.3 is 5.11 Å². The third-order valence-electron chi connectivity index (χ3n) is 5.98. The summed E-state index contributed by atoms with van der Waals surface area (Å²) in [6.07, 6.45) is 1.66. The Kier molecular flexibility index (Phi) is 0.452. The minimum atomic E-state index is 0.156. The molecule has 0 aliphatic heterocycles. The molecule has 0 amide bonds. The molecule has 1 nitrogen and oxygen atoms in total. The lowest BCUT2D eigenvalue weighted by molar-refractivity contribution is -0.172. The van der Waals surface area contributed by atoms with E-state index in [4.69, 9.17) is 0 Å². The van der Waals surface area contributed by atoms with E-state index >= 15 is 0 Å². The molecule has 6 saturated carbocycles. The van der Waals surface area contributed by atoms with E-state index in [1.807, 2.05) is 0 Å². The summed E-state index contributed by atoms with van der Waals surface area (Å²) < 4.78 is 0. The fourth-order valence-corrected chi connectivity index (χ4v) is 6.15. The molecule has 9 atom stereocenters. The lowest BCUT2D eigenvalue weighted by atomic mass is 9.41. The van der Waals surface area contributed by atoms with Crippen molar-refractivity contribution in [3.8, 4) is 0 Å². The van der Waals surface area contributed by atoms with Crippen molar-refractivity contribution >= 4 is 0 Å². The third-order valence-corrected chi connectivity index (χ3v) is 5.98. The molecule has 0 aromatic rings. The van der Waals surface area contributed by atoms with Crippen LogP contribution in [0.2, 0.25) is 0 Å². The van der Waals surface area contributed by atoms with Gasteiger partial charge in [-0.2, -0.15) is 0 Å². The van der Waals surface area contributed by atoms with Gasteiger partial charge in [0.15, 0.2) is 0 Å². The normalized spacial score (nSPS) is 90.8. The fraction of sp³-hybridized carbons (Fsp3) is 1.00. The molecule has 0 aromatic carbocycles. The van der Waals surface area contributed by atoms with Gasteiger partial charge in [0, 0.05) is 0 Å². The summed E-state index contributed by atoms with van der Waals surface area (Å²) in [5.41, 5.74) is 0. The van der Waals surface area contributed by atoms with Crippen molar-refractivity contribution in [2.45, 2.75) is 12.5 Å². The predicted molar refractivity (Wildman–Crippen MR) is 38.5 cm³/mol. The molecule has 0 saturated heterocycles. The van der Waals surface area contributed by atoms with E-state index in [1.54, 1.807) is 0 Å². The molecule has 6 aliphatic rings. The van der Waals surface area contributed by atoms with Crippen LogP contribution in [0.5, 0.6) is 0 Å². The van der Waals surface area contributed by atoms with Gasteiger partial charge in [0.25, 0.3) is 0 Å². The molecule has 58 valence electrons. The number of rotatable bonds is 0. The fourth-order valence-electron chi connectivity index (χ4n) is 6.15. The summed E-state index contributed by atoms with van der Waals surface area (Å²) >= 11 is 0. The van der Waals surface area contributed by atoms with Crippen LogP contribution in [0.3, 0.4) is 0 Å². The zero-order valence-corrected chi connectivity index (χ0v) is 6.35. The summed E-state index contributed by atoms with van der Waals surface area (Å²) in [5, 5.41) is 9.92. The summed E-state index contributed by atoms with van der Waals surface area (Å²) in [5.74, 6) is 7.91. The van der Waals surface area contributed by atoms with Crippen LogP contribution in [0.4, 0.5) is 0 Å². The van der Waals surface area contributed by atoms with E-state index < -0.39 is 0 Å². The molecule has 6 fully saturated rings. The van der Waals surface area contributed by atoms with Gasteiger partial charge >= 0.3 is 0 Å². The first-order valence-electron chi connectivity index (χ1n) is 5.07. The molecule has 0 spiro atoms. The monoisotopic (exact) mass is 148 g/mol. The lowest BCUT2D eigenvalue weighted by Crippen LogP contribution is -2.60. The first kappa shape index (κ1) is 4.86. The molecule has 6 aliphatic carbocycles. The molecular weight excluding hydrogens is 136 g/mol. The topological polar surface area (TPSA) is 20.2 Å². The first-order chi connectivity index (χ1) is 5.39. The van der Waals surface area contributed by atoms with Gasteiger partial charge in [-0.25, -0.2) is 0 Å². The largest absolute Gasteiger partial charge is 0.393 e. The maximum absolute atomic E-state index is 9.92. The van der Waals surface area contributed by atoms with Crippen LogP contribution in [0, 0.1) is 47.3 Å². The lowest BCUT2D eigenvalue weighted by Gasteiger charge is -2.63. The molecule has 4 bridgehead atoms. The number of hydrogen-bond acceptors (Lipinski definition) is 1. The quantitative estimate of drug-likeness (QED) is 0.537. The third kappa shape index (κ3) is 0.234. The van der Waals surface area contributed by atoms with Gasteiger partial charge in [-0.1, -0.05) is 0 Å². The summed E-state index contributed by atoms with van der Waals surface area (Å²) in [6, 6.07) is 0. The van der Waals surface area contributed by atoms with Crippen molar-refractivity contribution in [3.63, 3.8) is 0 Å². The Balaban J connectivity index is 1.88. The Morgan fingerprint density at radius 1 is 0.727 bits per heavy atom. The van der Waals surface area contributed by atoms with Crippen molar-refractivity contribution in [1.29, 1.82) is 0 Å². The van der Waals surface area contributed by atoms with Crippen LogP contribution in [-0.2, 0) is 0 Å². The van der Waals surface area contributed by atoms with Crippen molar-refractivity contribution in [2.75, 3.05) is 0 Å². The minimum Gasteiger partial charge on any atom is -0.393 e. The highest BCUT2D eigenvalue weighted by Crippen LogP contribution is 2.88. The highest BCUT2D eigenvalue weighted by atomic mass is 16.3. The highest BCUT2D eigenvalue weighted by Gasteiger charge is 2.86. The average Bonchev–Trinajstić information content (AvgIpc) is 2.40. The first-order valence-corrected chi connectivity index (χ1v) is 5.07. The Bertz CT molecular complexity index is 264. The molecular formula is C10H12O. The zero-order valence-electron chi connectivity index (χ0n) is 6.35. The van der Waals surface area contributed by atoms with Gasteiger partial charge in [-0.3, -0.25) is 0 Å². The van der Waals surface area contributed by atoms with Crippen molar-refractivity contribution in [1.82, 2.24) is 0 Å². The van der Waals surface area contributed by atoms with Crippen molar-refractivity contribution in [2.24, 2.45) is 47.3 Å². The summed E-state index contributed by atoms with van der Waals surface area (Å²) in [6.45, 7) is 0. The predicted octanol–water partition coefficient (Wildman–Crippen LogP) is 0.735. The highest BCUT2D eigenvalue weighted by molar-refractivity contribution is 5.33. The Hall–Kier alpha value is -0.0400. The molecule has 0 aromatic heterocycles. The van der Waals surface area contributed by atoms with Crippen LogP contribution in [0.1, 0.15) is 6.42 Å². The van der Waals surface area contributed by atoms with Gasteiger partial charge in [-0.05, 0) is 53.8 Å². The SMILES string of the molecule is O[C@@H]1[C@H]2C3C4[C@@H]2[C@@H]2[C@H]1[C@H]3C[C@@H]42. The zero-order chi connectivity index (χ0) is 6.90. The molecule has 0 heterocycles. The second kappa shape index (κ2) is 1.02. The summed E-state index contributed by atoms with van der Waals surface area (Å²) in [7, 11) is 0. The molecule has 0 radical (unpaired) electrons. The standard InChI is InChI=1S/C10H12O/c11-10-7-3-1-2-4-5(3)9(10)8(4)6(2)7/h2-11H,1H2/t2-,3-,4?,5?,6-,7+,8+,9-,10-/m0/s1. The van der Waals surface area contributed by atoms with Crippen LogP contribution < -0.4 is 0 Å². The van der Waals surface area contributed by atoms with E-state index in [0.717, 1.165) is 47.3 Å². The molecule has 6 rings (SSSR count). The molecule has 2 unspecified atom stereocenters. The minimum absolute atomic E-state index is 0.156. The Labute approximate surface area is 65.8 Å². The van der Waals surface area contributed by atoms with Crippen LogP contribution in [0.25, 0.3) is 0 Å². The van der Waals surface area contributed by atoms with E-state index in [-0.39, 0.29) is 6.10 Å². The Morgan fingerprint density at radius 2 is 1.36 bits per heavy atom. The van der Waals surface area contributed by atoms with Crippen LogP contribution >= 0.6 is 0 Å². The smallest absolute Gasteiger partial charge is 0.0607 e.